The van der Waals surface area contributed by atoms with Gasteiger partial charge in [0.1, 0.15) is 6.61 Å². The maximum absolute atomic E-state index is 11.5. The van der Waals surface area contributed by atoms with Crippen LogP contribution in [0.1, 0.15) is 23.1 Å². The number of benzene rings is 2. The molecule has 1 N–H and O–H groups in total. The lowest BCUT2D eigenvalue weighted by atomic mass is 10.1. The van der Waals surface area contributed by atoms with E-state index in [9.17, 15) is 4.79 Å². The van der Waals surface area contributed by atoms with Crippen LogP contribution in [-0.4, -0.2) is 12.6 Å². The lowest BCUT2D eigenvalue weighted by Gasteiger charge is -2.05. The molecule has 0 aliphatic rings. The Morgan fingerprint density at radius 2 is 2.00 bits per heavy atom. The van der Waals surface area contributed by atoms with E-state index in [4.69, 9.17) is 16.3 Å². The summed E-state index contributed by atoms with van der Waals surface area (Å²) >= 11 is 5.96. The third-order valence-electron chi connectivity index (χ3n) is 3.12. The van der Waals surface area contributed by atoms with E-state index in [2.05, 4.69) is 17.2 Å². The van der Waals surface area contributed by atoms with Crippen LogP contribution in [0.3, 0.4) is 0 Å². The van der Waals surface area contributed by atoms with Crippen LogP contribution in [0.4, 0.5) is 4.79 Å². The number of carbonyl (C=O) groups is 1. The van der Waals surface area contributed by atoms with Gasteiger partial charge >= 0.3 is 6.09 Å². The standard InChI is InChI=1S/C19H18ClNO2/c1-15-13-16(10-11-18(15)20)7-5-6-12-21-19(22)23-14-17-8-3-2-4-9-17/h2-4,8-11,13H,6,12,14H2,1H3,(H,21,22). The molecule has 4 heteroatoms. The number of aryl methyl sites for hydroxylation is 1. The van der Waals surface area contributed by atoms with Crippen LogP contribution in [0, 0.1) is 18.8 Å². The summed E-state index contributed by atoms with van der Waals surface area (Å²) in [4.78, 5) is 11.5. The second-order valence-electron chi connectivity index (χ2n) is 5.00. The summed E-state index contributed by atoms with van der Waals surface area (Å²) < 4.78 is 5.11. The van der Waals surface area contributed by atoms with Crippen molar-refractivity contribution in [3.8, 4) is 11.8 Å². The molecule has 1 amide bonds. The van der Waals surface area contributed by atoms with E-state index >= 15 is 0 Å². The number of nitrogens with one attached hydrogen (secondary N) is 1. The molecule has 0 saturated carbocycles. The second-order valence-corrected chi connectivity index (χ2v) is 5.41. The van der Waals surface area contributed by atoms with Crippen molar-refractivity contribution in [1.29, 1.82) is 0 Å². The Balaban J connectivity index is 1.68. The van der Waals surface area contributed by atoms with Crippen molar-refractivity contribution in [2.75, 3.05) is 6.54 Å². The van der Waals surface area contributed by atoms with Crippen LogP contribution >= 0.6 is 11.6 Å². The molecule has 2 aromatic carbocycles. The largest absolute Gasteiger partial charge is 0.445 e. The van der Waals surface area contributed by atoms with Crippen LogP contribution in [0.15, 0.2) is 48.5 Å². The molecule has 0 unspecified atom stereocenters. The van der Waals surface area contributed by atoms with E-state index in [1.165, 1.54) is 0 Å². The van der Waals surface area contributed by atoms with E-state index in [1.807, 2.05) is 55.5 Å². The smallest absolute Gasteiger partial charge is 0.407 e. The molecule has 3 nitrogen and oxygen atoms in total. The molecule has 0 radical (unpaired) electrons. The molecular weight excluding hydrogens is 310 g/mol. The van der Waals surface area contributed by atoms with Crippen LogP contribution in [0.25, 0.3) is 0 Å². The molecule has 0 bridgehead atoms. The van der Waals surface area contributed by atoms with Gasteiger partial charge in [-0.15, -0.1) is 0 Å². The highest BCUT2D eigenvalue weighted by Gasteiger charge is 2.00. The molecule has 118 valence electrons. The molecule has 0 heterocycles. The quantitative estimate of drug-likeness (QED) is 0.671. The summed E-state index contributed by atoms with van der Waals surface area (Å²) in [6.07, 6.45) is 0.125. The molecule has 0 atom stereocenters. The molecule has 2 rings (SSSR count). The highest BCUT2D eigenvalue weighted by atomic mass is 35.5. The molecule has 0 aromatic heterocycles. The van der Waals surface area contributed by atoms with E-state index in [-0.39, 0.29) is 6.61 Å². The van der Waals surface area contributed by atoms with Gasteiger partial charge in [-0.05, 0) is 36.2 Å². The summed E-state index contributed by atoms with van der Waals surface area (Å²) in [5.41, 5.74) is 2.88. The maximum atomic E-state index is 11.5. The number of rotatable bonds is 4. The molecule has 0 fully saturated rings. The average Bonchev–Trinajstić information content (AvgIpc) is 2.57. The minimum absolute atomic E-state index is 0.266. The number of halogens is 1. The first-order valence-corrected chi connectivity index (χ1v) is 7.72. The first kappa shape index (κ1) is 16.9. The van der Waals surface area contributed by atoms with Gasteiger partial charge in [0.05, 0.1) is 0 Å². The number of alkyl carbamates (subject to hydrolysis) is 1. The van der Waals surface area contributed by atoms with Crippen molar-refractivity contribution in [2.24, 2.45) is 0 Å². The number of carbonyl (C=O) groups excluding carboxylic acids is 1. The minimum Gasteiger partial charge on any atom is -0.445 e. The Morgan fingerprint density at radius 3 is 2.74 bits per heavy atom. The van der Waals surface area contributed by atoms with Gasteiger partial charge in [0.15, 0.2) is 0 Å². The number of hydrogen-bond donors (Lipinski definition) is 1. The third-order valence-corrected chi connectivity index (χ3v) is 3.55. The fourth-order valence-corrected chi connectivity index (χ4v) is 2.01. The van der Waals surface area contributed by atoms with Crippen molar-refractivity contribution in [3.63, 3.8) is 0 Å². The Kier molecular flexibility index (Phi) is 6.53. The lowest BCUT2D eigenvalue weighted by molar-refractivity contribution is 0.140. The number of amides is 1. The van der Waals surface area contributed by atoms with Crippen LogP contribution in [0.2, 0.25) is 5.02 Å². The monoisotopic (exact) mass is 327 g/mol. The van der Waals surface area contributed by atoms with Crippen molar-refractivity contribution in [1.82, 2.24) is 5.32 Å². The van der Waals surface area contributed by atoms with Gasteiger partial charge in [-0.3, -0.25) is 0 Å². The summed E-state index contributed by atoms with van der Waals surface area (Å²) in [6.45, 7) is 2.66. The van der Waals surface area contributed by atoms with E-state index < -0.39 is 6.09 Å². The predicted octanol–water partition coefficient (Wildman–Crippen LogP) is 4.32. The molecule has 0 aliphatic heterocycles. The van der Waals surface area contributed by atoms with Gasteiger partial charge in [0, 0.05) is 23.6 Å². The fourth-order valence-electron chi connectivity index (χ4n) is 1.89. The number of ether oxygens (including phenoxy) is 1. The molecular formula is C19H18ClNO2. The molecule has 0 aliphatic carbocycles. The lowest BCUT2D eigenvalue weighted by Crippen LogP contribution is -2.24. The zero-order chi connectivity index (χ0) is 16.5. The minimum atomic E-state index is -0.432. The van der Waals surface area contributed by atoms with E-state index in [0.717, 1.165) is 21.7 Å². The topological polar surface area (TPSA) is 38.3 Å². The van der Waals surface area contributed by atoms with E-state index in [0.29, 0.717) is 13.0 Å². The summed E-state index contributed by atoms with van der Waals surface area (Å²) in [5.74, 6) is 6.06. The Morgan fingerprint density at radius 1 is 1.22 bits per heavy atom. The Hall–Kier alpha value is -2.44. The van der Waals surface area contributed by atoms with Gasteiger partial charge < -0.3 is 10.1 Å². The summed E-state index contributed by atoms with van der Waals surface area (Å²) in [7, 11) is 0. The van der Waals surface area contributed by atoms with Gasteiger partial charge in [-0.25, -0.2) is 4.79 Å². The van der Waals surface area contributed by atoms with Crippen molar-refractivity contribution >= 4 is 17.7 Å². The Labute approximate surface area is 141 Å². The zero-order valence-corrected chi connectivity index (χ0v) is 13.7. The SMILES string of the molecule is Cc1cc(C#CCCNC(=O)OCc2ccccc2)ccc1Cl. The Bertz CT molecular complexity index is 717. The third kappa shape index (κ3) is 6.06. The normalized spacial score (nSPS) is 9.65. The van der Waals surface area contributed by atoms with Crippen LogP contribution in [0.5, 0.6) is 0 Å². The number of hydrogen-bond acceptors (Lipinski definition) is 2. The summed E-state index contributed by atoms with van der Waals surface area (Å²) in [6, 6.07) is 15.2. The molecule has 2 aromatic rings. The predicted molar refractivity (Wildman–Crippen MR) is 92.3 cm³/mol. The molecule has 0 saturated heterocycles. The van der Waals surface area contributed by atoms with Crippen LogP contribution < -0.4 is 5.32 Å². The van der Waals surface area contributed by atoms with Crippen molar-refractivity contribution < 1.29 is 9.53 Å². The first-order chi connectivity index (χ1) is 11.1. The van der Waals surface area contributed by atoms with Crippen LogP contribution in [-0.2, 0) is 11.3 Å². The second kappa shape index (κ2) is 8.87. The van der Waals surface area contributed by atoms with Crippen molar-refractivity contribution in [3.05, 3.63) is 70.2 Å². The van der Waals surface area contributed by atoms with Gasteiger partial charge in [0.25, 0.3) is 0 Å². The van der Waals surface area contributed by atoms with Crippen molar-refractivity contribution in [2.45, 2.75) is 20.0 Å². The van der Waals surface area contributed by atoms with Gasteiger partial charge in [-0.1, -0.05) is 53.8 Å². The fraction of sp³-hybridized carbons (Fsp3) is 0.211. The van der Waals surface area contributed by atoms with Gasteiger partial charge in [0.2, 0.25) is 0 Å². The molecule has 0 spiro atoms. The molecule has 23 heavy (non-hydrogen) atoms. The highest BCUT2D eigenvalue weighted by molar-refractivity contribution is 6.31. The zero-order valence-electron chi connectivity index (χ0n) is 12.9. The highest BCUT2D eigenvalue weighted by Crippen LogP contribution is 2.15. The first-order valence-electron chi connectivity index (χ1n) is 7.35. The average molecular weight is 328 g/mol. The maximum Gasteiger partial charge on any atom is 0.407 e. The van der Waals surface area contributed by atoms with E-state index in [1.54, 1.807) is 0 Å². The van der Waals surface area contributed by atoms with Gasteiger partial charge in [-0.2, -0.15) is 0 Å². The summed E-state index contributed by atoms with van der Waals surface area (Å²) in [5, 5.41) is 3.41.